The maximum absolute atomic E-state index is 13.0. The summed E-state index contributed by atoms with van der Waals surface area (Å²) in [6.07, 6.45) is -1.33. The highest BCUT2D eigenvalue weighted by Gasteiger charge is 2.15. The Morgan fingerprint density at radius 3 is 2.58 bits per heavy atom. The Bertz CT molecular complexity index is 458. The Balaban J connectivity index is 2.54. The lowest BCUT2D eigenvalue weighted by atomic mass is 10.1. The van der Waals surface area contributed by atoms with E-state index in [2.05, 4.69) is 11.9 Å². The SMILES string of the molecule is C=CCOC(=O)Nc1ccc(CC(F)C(=O)O)cc1. The first-order valence-corrected chi connectivity index (χ1v) is 5.53. The van der Waals surface area contributed by atoms with Crippen molar-refractivity contribution in [3.8, 4) is 0 Å². The fourth-order valence-electron chi connectivity index (χ4n) is 1.31. The van der Waals surface area contributed by atoms with Gasteiger partial charge in [-0.3, -0.25) is 5.32 Å². The topological polar surface area (TPSA) is 75.6 Å². The number of nitrogens with one attached hydrogen (secondary N) is 1. The summed E-state index contributed by atoms with van der Waals surface area (Å²) in [4.78, 5) is 21.6. The van der Waals surface area contributed by atoms with Crippen molar-refractivity contribution in [2.75, 3.05) is 11.9 Å². The molecule has 0 aliphatic rings. The minimum atomic E-state index is -1.93. The van der Waals surface area contributed by atoms with Crippen LogP contribution in [-0.2, 0) is 16.0 Å². The minimum absolute atomic E-state index is 0.103. The minimum Gasteiger partial charge on any atom is -0.479 e. The van der Waals surface area contributed by atoms with Crippen LogP contribution in [0.15, 0.2) is 36.9 Å². The molecule has 0 spiro atoms. The molecule has 0 bridgehead atoms. The molecule has 1 amide bonds. The third-order valence-corrected chi connectivity index (χ3v) is 2.22. The fourth-order valence-corrected chi connectivity index (χ4v) is 1.31. The summed E-state index contributed by atoms with van der Waals surface area (Å²) in [5.41, 5.74) is 1.00. The standard InChI is InChI=1S/C13H14FNO4/c1-2-7-19-13(18)15-10-5-3-9(4-6-10)8-11(14)12(16)17/h2-6,11H,1,7-8H2,(H,15,18)(H,16,17). The predicted molar refractivity (Wildman–Crippen MR) is 67.8 cm³/mol. The highest BCUT2D eigenvalue weighted by Crippen LogP contribution is 2.12. The number of anilines is 1. The van der Waals surface area contributed by atoms with Crippen LogP contribution in [0, 0.1) is 0 Å². The van der Waals surface area contributed by atoms with Gasteiger partial charge in [-0.15, -0.1) is 0 Å². The van der Waals surface area contributed by atoms with E-state index in [1.54, 1.807) is 24.3 Å². The van der Waals surface area contributed by atoms with Gasteiger partial charge in [-0.25, -0.2) is 14.0 Å². The quantitative estimate of drug-likeness (QED) is 0.776. The summed E-state index contributed by atoms with van der Waals surface area (Å²) in [7, 11) is 0. The van der Waals surface area contributed by atoms with Crippen molar-refractivity contribution >= 4 is 17.7 Å². The summed E-state index contributed by atoms with van der Waals surface area (Å²) in [5, 5.41) is 10.9. The molecule has 1 aromatic carbocycles. The van der Waals surface area contributed by atoms with Crippen LogP contribution in [0.3, 0.4) is 0 Å². The van der Waals surface area contributed by atoms with E-state index in [4.69, 9.17) is 9.84 Å². The van der Waals surface area contributed by atoms with E-state index in [-0.39, 0.29) is 13.0 Å². The van der Waals surface area contributed by atoms with Gasteiger partial charge in [-0.05, 0) is 17.7 Å². The van der Waals surface area contributed by atoms with Crippen LogP contribution in [0.1, 0.15) is 5.56 Å². The maximum atomic E-state index is 13.0. The first kappa shape index (κ1) is 14.7. The molecule has 0 aliphatic heterocycles. The van der Waals surface area contributed by atoms with Gasteiger partial charge in [-0.1, -0.05) is 24.8 Å². The molecule has 2 N–H and O–H groups in total. The molecule has 1 aromatic rings. The number of rotatable bonds is 6. The fraction of sp³-hybridized carbons (Fsp3) is 0.231. The molecule has 0 saturated heterocycles. The molecule has 19 heavy (non-hydrogen) atoms. The van der Waals surface area contributed by atoms with Crippen LogP contribution in [0.5, 0.6) is 0 Å². The van der Waals surface area contributed by atoms with Crippen molar-refractivity contribution in [3.05, 3.63) is 42.5 Å². The Morgan fingerprint density at radius 1 is 1.42 bits per heavy atom. The van der Waals surface area contributed by atoms with Gasteiger partial charge in [0.05, 0.1) is 0 Å². The van der Waals surface area contributed by atoms with E-state index < -0.39 is 18.2 Å². The molecular formula is C13H14FNO4. The second-order valence-corrected chi connectivity index (χ2v) is 3.72. The monoisotopic (exact) mass is 267 g/mol. The number of carbonyl (C=O) groups is 2. The summed E-state index contributed by atoms with van der Waals surface area (Å²) in [5.74, 6) is -1.49. The number of aliphatic carboxylic acids is 1. The molecule has 5 nitrogen and oxygen atoms in total. The molecule has 0 aromatic heterocycles. The number of hydrogen-bond acceptors (Lipinski definition) is 3. The van der Waals surface area contributed by atoms with Gasteiger partial charge >= 0.3 is 12.1 Å². The van der Waals surface area contributed by atoms with Crippen molar-refractivity contribution in [1.82, 2.24) is 0 Å². The molecule has 0 fully saturated rings. The zero-order chi connectivity index (χ0) is 14.3. The van der Waals surface area contributed by atoms with Crippen LogP contribution < -0.4 is 5.32 Å². The number of ether oxygens (including phenoxy) is 1. The van der Waals surface area contributed by atoms with Gasteiger partial charge in [0.2, 0.25) is 6.17 Å². The molecule has 0 heterocycles. The highest BCUT2D eigenvalue weighted by molar-refractivity contribution is 5.84. The van der Waals surface area contributed by atoms with Gasteiger partial charge in [0.15, 0.2) is 0 Å². The van der Waals surface area contributed by atoms with Crippen molar-refractivity contribution in [2.45, 2.75) is 12.6 Å². The number of alkyl halides is 1. The molecule has 6 heteroatoms. The molecule has 0 saturated carbocycles. The number of amides is 1. The Labute approximate surface area is 109 Å². The smallest absolute Gasteiger partial charge is 0.411 e. The second kappa shape index (κ2) is 7.15. The van der Waals surface area contributed by atoms with Crippen LogP contribution in [-0.4, -0.2) is 29.9 Å². The Kier molecular flexibility index (Phi) is 5.53. The number of carbonyl (C=O) groups excluding carboxylic acids is 1. The van der Waals surface area contributed by atoms with E-state index in [9.17, 15) is 14.0 Å². The highest BCUT2D eigenvalue weighted by atomic mass is 19.1. The van der Waals surface area contributed by atoms with Crippen LogP contribution in [0.2, 0.25) is 0 Å². The first-order valence-electron chi connectivity index (χ1n) is 5.53. The Morgan fingerprint density at radius 2 is 2.05 bits per heavy atom. The average Bonchev–Trinajstić information content (AvgIpc) is 2.38. The number of halogens is 1. The third-order valence-electron chi connectivity index (χ3n) is 2.22. The molecule has 0 radical (unpaired) electrons. The van der Waals surface area contributed by atoms with Gasteiger partial charge < -0.3 is 9.84 Å². The molecule has 1 atom stereocenters. The lowest BCUT2D eigenvalue weighted by Crippen LogP contribution is -2.17. The van der Waals surface area contributed by atoms with Gasteiger partial charge in [-0.2, -0.15) is 0 Å². The summed E-state index contributed by atoms with van der Waals surface area (Å²) in [6, 6.07) is 6.16. The molecule has 102 valence electrons. The number of hydrogen-bond donors (Lipinski definition) is 2. The van der Waals surface area contributed by atoms with Crippen molar-refractivity contribution in [3.63, 3.8) is 0 Å². The van der Waals surface area contributed by atoms with E-state index in [1.165, 1.54) is 6.08 Å². The van der Waals surface area contributed by atoms with Crippen molar-refractivity contribution in [1.29, 1.82) is 0 Å². The van der Waals surface area contributed by atoms with Crippen molar-refractivity contribution < 1.29 is 23.8 Å². The van der Waals surface area contributed by atoms with Crippen LogP contribution in [0.25, 0.3) is 0 Å². The molecule has 1 unspecified atom stereocenters. The van der Waals surface area contributed by atoms with Gasteiger partial charge in [0.25, 0.3) is 0 Å². The van der Waals surface area contributed by atoms with E-state index in [0.29, 0.717) is 11.3 Å². The lowest BCUT2D eigenvalue weighted by molar-refractivity contribution is -0.142. The second-order valence-electron chi connectivity index (χ2n) is 3.72. The van der Waals surface area contributed by atoms with Crippen LogP contribution in [0.4, 0.5) is 14.9 Å². The normalized spacial score (nSPS) is 11.4. The summed E-state index contributed by atoms with van der Waals surface area (Å²) in [6.45, 7) is 3.51. The van der Waals surface area contributed by atoms with Gasteiger partial charge in [0, 0.05) is 12.1 Å². The molecule has 1 rings (SSSR count). The van der Waals surface area contributed by atoms with Gasteiger partial charge in [0.1, 0.15) is 6.61 Å². The number of carboxylic acids is 1. The molecular weight excluding hydrogens is 253 g/mol. The van der Waals surface area contributed by atoms with E-state index in [0.717, 1.165) is 0 Å². The summed E-state index contributed by atoms with van der Waals surface area (Å²) < 4.78 is 17.7. The van der Waals surface area contributed by atoms with E-state index >= 15 is 0 Å². The first-order chi connectivity index (χ1) is 9.02. The summed E-state index contributed by atoms with van der Waals surface area (Å²) >= 11 is 0. The maximum Gasteiger partial charge on any atom is 0.411 e. The third kappa shape index (κ3) is 5.20. The van der Waals surface area contributed by atoms with E-state index in [1.807, 2.05) is 0 Å². The lowest BCUT2D eigenvalue weighted by Gasteiger charge is -2.07. The predicted octanol–water partition coefficient (Wildman–Crippen LogP) is 2.39. The zero-order valence-electron chi connectivity index (χ0n) is 10.1. The molecule has 0 aliphatic carbocycles. The van der Waals surface area contributed by atoms with Crippen molar-refractivity contribution in [2.24, 2.45) is 0 Å². The Hall–Kier alpha value is -2.37. The number of carboxylic acid groups (broad SMARTS) is 1. The largest absolute Gasteiger partial charge is 0.479 e. The zero-order valence-corrected chi connectivity index (χ0v) is 10.1. The average molecular weight is 267 g/mol. The number of benzene rings is 1. The van der Waals surface area contributed by atoms with Crippen LogP contribution >= 0.6 is 0 Å².